The number of hydrogen-bond acceptors (Lipinski definition) is 7. The molecular weight excluding hydrogens is 466 g/mol. The van der Waals surface area contributed by atoms with Gasteiger partial charge < -0.3 is 10.4 Å². The number of rotatable bonds is 5. The maximum absolute atomic E-state index is 11.2. The highest BCUT2D eigenvalue weighted by molar-refractivity contribution is 8.93. The summed E-state index contributed by atoms with van der Waals surface area (Å²) in [5.41, 5.74) is 3.45. The maximum Gasteiger partial charge on any atom is 0.345 e. The molecule has 1 aromatic carbocycles. The number of anilines is 2. The number of carboxylic acid groups (broad SMARTS) is 1. The van der Waals surface area contributed by atoms with Crippen LogP contribution in [0.5, 0.6) is 0 Å². The van der Waals surface area contributed by atoms with Crippen LogP contribution < -0.4 is 5.32 Å². The molecule has 0 aliphatic rings. The monoisotopic (exact) mass is 479 g/mol. The first-order chi connectivity index (χ1) is 12.6. The van der Waals surface area contributed by atoms with Gasteiger partial charge in [0, 0.05) is 16.3 Å². The summed E-state index contributed by atoms with van der Waals surface area (Å²) < 4.78 is 0.951. The van der Waals surface area contributed by atoms with Crippen LogP contribution in [0.25, 0.3) is 22.2 Å². The lowest BCUT2D eigenvalue weighted by atomic mass is 10.2. The molecule has 4 rings (SSSR count). The Bertz CT molecular complexity index is 1110. The second-order valence-electron chi connectivity index (χ2n) is 5.40. The van der Waals surface area contributed by atoms with Gasteiger partial charge in [-0.05, 0) is 24.5 Å². The van der Waals surface area contributed by atoms with E-state index in [9.17, 15) is 9.90 Å². The van der Waals surface area contributed by atoms with Crippen molar-refractivity contribution in [2.24, 2.45) is 0 Å². The van der Waals surface area contributed by atoms with E-state index >= 15 is 0 Å². The molecule has 9 heteroatoms. The average Bonchev–Trinajstić information content (AvgIpc) is 3.28. The molecule has 138 valence electrons. The molecular formula is C18H14BrN3O2S3. The number of hydrogen-bond donors (Lipinski definition) is 2. The zero-order valence-corrected chi connectivity index (χ0v) is 18.2. The fraction of sp³-hybridized carbons (Fsp3) is 0.0556. The van der Waals surface area contributed by atoms with Gasteiger partial charge in [-0.2, -0.15) is 0 Å². The molecule has 0 unspecified atom stereocenters. The Morgan fingerprint density at radius 2 is 2.07 bits per heavy atom. The van der Waals surface area contributed by atoms with E-state index in [1.165, 1.54) is 34.4 Å². The van der Waals surface area contributed by atoms with Crippen molar-refractivity contribution in [1.29, 1.82) is 0 Å². The number of para-hydroxylation sites is 1. The summed E-state index contributed by atoms with van der Waals surface area (Å²) >= 11 is 4.29. The van der Waals surface area contributed by atoms with Gasteiger partial charge in [0.2, 0.25) is 0 Å². The number of thiophene rings is 1. The molecule has 3 heterocycles. The summed E-state index contributed by atoms with van der Waals surface area (Å²) in [6.07, 6.45) is 3.72. The van der Waals surface area contributed by atoms with Crippen LogP contribution in [0, 0.1) is 0 Å². The van der Waals surface area contributed by atoms with Crippen LogP contribution in [0.3, 0.4) is 0 Å². The van der Waals surface area contributed by atoms with Crippen molar-refractivity contribution >= 4 is 79.1 Å². The van der Waals surface area contributed by atoms with Crippen LogP contribution >= 0.6 is 51.4 Å². The van der Waals surface area contributed by atoms with Crippen molar-refractivity contribution in [1.82, 2.24) is 9.97 Å². The molecule has 0 saturated heterocycles. The van der Waals surface area contributed by atoms with Crippen LogP contribution in [0.15, 0.2) is 52.2 Å². The second kappa shape index (κ2) is 8.39. The van der Waals surface area contributed by atoms with E-state index < -0.39 is 5.97 Å². The maximum atomic E-state index is 11.2. The number of benzene rings is 1. The first-order valence-corrected chi connectivity index (χ1v) is 10.5. The van der Waals surface area contributed by atoms with Gasteiger partial charge in [0.1, 0.15) is 4.88 Å². The normalized spacial score (nSPS) is 10.6. The van der Waals surface area contributed by atoms with E-state index in [2.05, 4.69) is 15.3 Å². The molecule has 0 fully saturated rings. The lowest BCUT2D eigenvalue weighted by Crippen LogP contribution is -1.91. The zero-order chi connectivity index (χ0) is 18.1. The number of carboxylic acids is 1. The fourth-order valence-electron chi connectivity index (χ4n) is 2.53. The third-order valence-electron chi connectivity index (χ3n) is 3.72. The summed E-state index contributed by atoms with van der Waals surface area (Å²) in [7, 11) is 0. The van der Waals surface area contributed by atoms with Gasteiger partial charge in [-0.3, -0.25) is 4.98 Å². The smallest absolute Gasteiger partial charge is 0.345 e. The number of halogens is 1. The van der Waals surface area contributed by atoms with E-state index in [4.69, 9.17) is 0 Å². The molecule has 4 aromatic rings. The van der Waals surface area contributed by atoms with Crippen molar-refractivity contribution in [3.05, 3.63) is 52.9 Å². The predicted molar refractivity (Wildman–Crippen MR) is 120 cm³/mol. The van der Waals surface area contributed by atoms with Gasteiger partial charge in [0.15, 0.2) is 5.13 Å². The number of thiazole rings is 1. The minimum atomic E-state index is -0.910. The lowest BCUT2D eigenvalue weighted by Gasteiger charge is -2.03. The van der Waals surface area contributed by atoms with E-state index in [0.717, 1.165) is 37.2 Å². The van der Waals surface area contributed by atoms with E-state index in [1.54, 1.807) is 12.3 Å². The Morgan fingerprint density at radius 3 is 2.85 bits per heavy atom. The number of nitrogens with one attached hydrogen (secondary N) is 1. The molecule has 27 heavy (non-hydrogen) atoms. The third kappa shape index (κ3) is 4.16. The van der Waals surface area contributed by atoms with E-state index in [-0.39, 0.29) is 17.0 Å². The quantitative estimate of drug-likeness (QED) is 0.333. The van der Waals surface area contributed by atoms with E-state index in [0.29, 0.717) is 4.88 Å². The summed E-state index contributed by atoms with van der Waals surface area (Å²) in [5, 5.41) is 16.2. The average molecular weight is 480 g/mol. The fourth-order valence-corrected chi connectivity index (χ4v) is 4.98. The van der Waals surface area contributed by atoms with Crippen LogP contribution in [-0.4, -0.2) is 27.3 Å². The Morgan fingerprint density at radius 1 is 1.26 bits per heavy atom. The Hall–Kier alpha value is -1.94. The van der Waals surface area contributed by atoms with Gasteiger partial charge in [-0.15, -0.1) is 51.4 Å². The van der Waals surface area contributed by atoms with Crippen molar-refractivity contribution in [3.63, 3.8) is 0 Å². The summed E-state index contributed by atoms with van der Waals surface area (Å²) in [4.78, 5) is 20.6. The standard InChI is InChI=1S/C18H13N3O2S3.BrH/c1-24-17-12(7-15(26-17)16(22)23)14-9-25-18(21-14)20-11-6-10-4-2-3-5-13(10)19-8-11;/h2-9H,1H3,(H,20,21)(H,22,23);1H. The number of aromatic nitrogens is 2. The molecule has 0 amide bonds. The topological polar surface area (TPSA) is 75.1 Å². The number of fused-ring (bicyclic) bond motifs is 1. The summed E-state index contributed by atoms with van der Waals surface area (Å²) in [6.45, 7) is 0. The largest absolute Gasteiger partial charge is 0.477 e. The first-order valence-electron chi connectivity index (χ1n) is 7.63. The first kappa shape index (κ1) is 19.8. The van der Waals surface area contributed by atoms with Crippen LogP contribution in [0.4, 0.5) is 10.8 Å². The van der Waals surface area contributed by atoms with Crippen molar-refractivity contribution in [2.45, 2.75) is 4.21 Å². The molecule has 0 spiro atoms. The predicted octanol–water partition coefficient (Wildman–Crippen LogP) is 6.16. The van der Waals surface area contributed by atoms with Gasteiger partial charge in [0.25, 0.3) is 0 Å². The Kier molecular flexibility index (Phi) is 6.15. The minimum Gasteiger partial charge on any atom is -0.477 e. The highest BCUT2D eigenvalue weighted by Gasteiger charge is 2.17. The van der Waals surface area contributed by atoms with Gasteiger partial charge >= 0.3 is 5.97 Å². The Labute approximate surface area is 178 Å². The Balaban J connectivity index is 0.00000210. The van der Waals surface area contributed by atoms with Gasteiger partial charge in [-0.25, -0.2) is 9.78 Å². The molecule has 0 atom stereocenters. The van der Waals surface area contributed by atoms with Crippen molar-refractivity contribution in [2.75, 3.05) is 11.6 Å². The summed E-state index contributed by atoms with van der Waals surface area (Å²) in [5.74, 6) is -0.910. The molecule has 0 radical (unpaired) electrons. The van der Waals surface area contributed by atoms with E-state index in [1.807, 2.05) is 42.0 Å². The number of thioether (sulfide) groups is 1. The highest BCUT2D eigenvalue weighted by Crippen LogP contribution is 2.39. The lowest BCUT2D eigenvalue weighted by molar-refractivity contribution is 0.0702. The number of nitrogens with zero attached hydrogens (tertiary/aromatic N) is 2. The number of pyridine rings is 1. The van der Waals surface area contributed by atoms with Crippen LogP contribution in [0.1, 0.15) is 9.67 Å². The molecule has 3 aromatic heterocycles. The minimum absolute atomic E-state index is 0. The number of carbonyl (C=O) groups is 1. The molecule has 0 saturated carbocycles. The third-order valence-corrected chi connectivity index (χ3v) is 6.73. The second-order valence-corrected chi connectivity index (χ2v) is 8.39. The number of aromatic carboxylic acids is 1. The van der Waals surface area contributed by atoms with Crippen LogP contribution in [0.2, 0.25) is 0 Å². The molecule has 0 aliphatic carbocycles. The van der Waals surface area contributed by atoms with Crippen molar-refractivity contribution in [3.8, 4) is 11.3 Å². The molecule has 2 N–H and O–H groups in total. The van der Waals surface area contributed by atoms with Gasteiger partial charge in [0.05, 0.1) is 27.3 Å². The van der Waals surface area contributed by atoms with Crippen molar-refractivity contribution < 1.29 is 9.90 Å². The zero-order valence-electron chi connectivity index (χ0n) is 14.0. The van der Waals surface area contributed by atoms with Crippen LogP contribution in [-0.2, 0) is 0 Å². The molecule has 0 bridgehead atoms. The molecule has 0 aliphatic heterocycles. The molecule has 5 nitrogen and oxygen atoms in total. The SMILES string of the molecule is Br.CSc1sc(C(=O)O)cc1-c1csc(Nc2cnc3ccccc3c2)n1. The van der Waals surface area contributed by atoms with Gasteiger partial charge in [-0.1, -0.05) is 18.2 Å². The highest BCUT2D eigenvalue weighted by atomic mass is 79.9. The summed E-state index contributed by atoms with van der Waals surface area (Å²) in [6, 6.07) is 11.7.